The molecule has 1 amide bonds. The average Bonchev–Trinajstić information content (AvgIpc) is 2.85. The Hall–Kier alpha value is -2.05. The molecule has 0 bridgehead atoms. The first-order valence-corrected chi connectivity index (χ1v) is 8.52. The molecule has 0 fully saturated rings. The van der Waals surface area contributed by atoms with Gasteiger partial charge < -0.3 is 4.57 Å². The number of aromatic nitrogens is 1. The third-order valence-electron chi connectivity index (χ3n) is 3.44. The number of halogens is 3. The Morgan fingerprint density at radius 1 is 1.29 bits per heavy atom. The SMILES string of the molecule is CCCn1c(=NC(=O)c2ccccc2Cl)sc2cc(F)cc(F)c21. The zero-order valence-electron chi connectivity index (χ0n) is 12.7. The maximum Gasteiger partial charge on any atom is 0.281 e. The van der Waals surface area contributed by atoms with Gasteiger partial charge >= 0.3 is 0 Å². The molecule has 0 saturated heterocycles. The molecule has 3 rings (SSSR count). The molecular weight excluding hydrogens is 354 g/mol. The van der Waals surface area contributed by atoms with E-state index in [1.54, 1.807) is 28.8 Å². The molecule has 124 valence electrons. The highest BCUT2D eigenvalue weighted by atomic mass is 35.5. The van der Waals surface area contributed by atoms with Gasteiger partial charge in [0.05, 0.1) is 20.8 Å². The number of thiazole rings is 1. The predicted octanol–water partition coefficient (Wildman–Crippen LogP) is 4.79. The zero-order chi connectivity index (χ0) is 17.3. The number of amides is 1. The molecule has 0 spiro atoms. The Balaban J connectivity index is 2.22. The molecule has 7 heteroatoms. The maximum absolute atomic E-state index is 14.2. The van der Waals surface area contributed by atoms with Crippen LogP contribution in [-0.4, -0.2) is 10.5 Å². The van der Waals surface area contributed by atoms with E-state index in [-0.39, 0.29) is 11.1 Å². The molecule has 24 heavy (non-hydrogen) atoms. The minimum absolute atomic E-state index is 0.258. The van der Waals surface area contributed by atoms with Crippen LogP contribution in [-0.2, 0) is 6.54 Å². The van der Waals surface area contributed by atoms with Crippen molar-refractivity contribution in [2.45, 2.75) is 19.9 Å². The second-order valence-electron chi connectivity index (χ2n) is 5.17. The van der Waals surface area contributed by atoms with E-state index in [1.165, 1.54) is 6.07 Å². The lowest BCUT2D eigenvalue weighted by Crippen LogP contribution is -2.17. The van der Waals surface area contributed by atoms with Crippen LogP contribution in [0.4, 0.5) is 8.78 Å². The van der Waals surface area contributed by atoms with E-state index in [9.17, 15) is 13.6 Å². The fraction of sp³-hybridized carbons (Fsp3) is 0.176. The summed E-state index contributed by atoms with van der Waals surface area (Å²) < 4.78 is 29.6. The summed E-state index contributed by atoms with van der Waals surface area (Å²) in [5.74, 6) is -1.84. The van der Waals surface area contributed by atoms with Gasteiger partial charge in [0, 0.05) is 12.6 Å². The van der Waals surface area contributed by atoms with Crippen LogP contribution in [0.1, 0.15) is 23.7 Å². The number of hydrogen-bond donors (Lipinski definition) is 0. The Labute approximate surface area is 145 Å². The van der Waals surface area contributed by atoms with E-state index in [1.807, 2.05) is 6.92 Å². The van der Waals surface area contributed by atoms with Crippen LogP contribution in [0.25, 0.3) is 10.2 Å². The highest BCUT2D eigenvalue weighted by Crippen LogP contribution is 2.23. The lowest BCUT2D eigenvalue weighted by atomic mass is 10.2. The third kappa shape index (κ3) is 3.12. The van der Waals surface area contributed by atoms with Crippen molar-refractivity contribution in [1.29, 1.82) is 0 Å². The molecule has 0 aliphatic heterocycles. The van der Waals surface area contributed by atoms with Gasteiger partial charge in [0.25, 0.3) is 5.91 Å². The summed E-state index contributed by atoms with van der Waals surface area (Å²) in [7, 11) is 0. The number of hydrogen-bond acceptors (Lipinski definition) is 2. The smallest absolute Gasteiger partial charge is 0.281 e. The molecule has 0 atom stereocenters. The van der Waals surface area contributed by atoms with Crippen molar-refractivity contribution in [2.75, 3.05) is 0 Å². The average molecular weight is 367 g/mol. The summed E-state index contributed by atoms with van der Waals surface area (Å²) in [6, 6.07) is 8.66. The van der Waals surface area contributed by atoms with Gasteiger partial charge in [-0.15, -0.1) is 0 Å². The normalized spacial score (nSPS) is 12.1. The van der Waals surface area contributed by atoms with Crippen LogP contribution in [0.3, 0.4) is 0 Å². The first kappa shape index (κ1) is 16.8. The molecule has 0 saturated carbocycles. The van der Waals surface area contributed by atoms with E-state index < -0.39 is 17.5 Å². The second-order valence-corrected chi connectivity index (χ2v) is 6.58. The first-order chi connectivity index (χ1) is 11.5. The van der Waals surface area contributed by atoms with Crippen LogP contribution in [0.15, 0.2) is 41.4 Å². The maximum atomic E-state index is 14.2. The van der Waals surface area contributed by atoms with Gasteiger partial charge in [-0.25, -0.2) is 8.78 Å². The molecule has 0 aliphatic carbocycles. The van der Waals surface area contributed by atoms with Crippen molar-refractivity contribution in [3.8, 4) is 0 Å². The number of rotatable bonds is 3. The highest BCUT2D eigenvalue weighted by molar-refractivity contribution is 7.16. The minimum atomic E-state index is -0.665. The molecule has 0 N–H and O–H groups in total. The van der Waals surface area contributed by atoms with Crippen molar-refractivity contribution in [3.63, 3.8) is 0 Å². The van der Waals surface area contributed by atoms with E-state index in [0.717, 1.165) is 23.8 Å². The molecule has 2 aromatic carbocycles. The topological polar surface area (TPSA) is 34.4 Å². The molecule has 1 aromatic heterocycles. The van der Waals surface area contributed by atoms with Crippen LogP contribution in [0.2, 0.25) is 5.02 Å². The van der Waals surface area contributed by atoms with Gasteiger partial charge in [-0.2, -0.15) is 4.99 Å². The monoisotopic (exact) mass is 366 g/mol. The summed E-state index contributed by atoms with van der Waals surface area (Å²) in [6.07, 6.45) is 0.718. The van der Waals surface area contributed by atoms with Gasteiger partial charge in [0.1, 0.15) is 5.82 Å². The number of nitrogens with zero attached hydrogens (tertiary/aromatic N) is 2. The van der Waals surface area contributed by atoms with Crippen LogP contribution >= 0.6 is 22.9 Å². The Bertz CT molecular complexity index is 994. The van der Waals surface area contributed by atoms with Crippen molar-refractivity contribution in [2.24, 2.45) is 4.99 Å². The van der Waals surface area contributed by atoms with Gasteiger partial charge in [-0.05, 0) is 24.6 Å². The standard InChI is InChI=1S/C17H13ClF2N2OS/c1-2-7-22-15-13(20)8-10(19)9-14(15)24-17(22)21-16(23)11-5-3-4-6-12(11)18/h3-6,8-9H,2,7H2,1H3. The Morgan fingerprint density at radius 3 is 2.75 bits per heavy atom. The summed E-state index contributed by atoms with van der Waals surface area (Å²) >= 11 is 7.09. The molecule has 0 radical (unpaired) electrons. The molecule has 3 aromatic rings. The summed E-state index contributed by atoms with van der Waals surface area (Å²) in [5.41, 5.74) is 0.528. The quantitative estimate of drug-likeness (QED) is 0.656. The van der Waals surface area contributed by atoms with E-state index in [2.05, 4.69) is 4.99 Å². The minimum Gasteiger partial charge on any atom is -0.314 e. The number of aryl methyl sites for hydroxylation is 1. The Kier molecular flexibility index (Phi) is 4.78. The number of carbonyl (C=O) groups excluding carboxylic acids is 1. The third-order valence-corrected chi connectivity index (χ3v) is 4.80. The predicted molar refractivity (Wildman–Crippen MR) is 91.4 cm³/mol. The summed E-state index contributed by atoms with van der Waals surface area (Å²) in [4.78, 5) is 16.8. The molecule has 0 aliphatic rings. The van der Waals surface area contributed by atoms with Gasteiger partial charge in [0.15, 0.2) is 10.6 Å². The summed E-state index contributed by atoms with van der Waals surface area (Å²) in [5, 5.41) is 0.298. The van der Waals surface area contributed by atoms with Crippen LogP contribution in [0.5, 0.6) is 0 Å². The lowest BCUT2D eigenvalue weighted by Gasteiger charge is -2.04. The number of fused-ring (bicyclic) bond motifs is 1. The van der Waals surface area contributed by atoms with Crippen LogP contribution in [0, 0.1) is 11.6 Å². The summed E-state index contributed by atoms with van der Waals surface area (Å²) in [6.45, 7) is 2.40. The van der Waals surface area contributed by atoms with Crippen molar-refractivity contribution < 1.29 is 13.6 Å². The zero-order valence-corrected chi connectivity index (χ0v) is 14.3. The molecule has 0 unspecified atom stereocenters. The van der Waals surface area contributed by atoms with E-state index in [4.69, 9.17) is 11.6 Å². The van der Waals surface area contributed by atoms with Gasteiger partial charge in [-0.3, -0.25) is 4.79 Å². The van der Waals surface area contributed by atoms with Crippen molar-refractivity contribution >= 4 is 39.1 Å². The lowest BCUT2D eigenvalue weighted by molar-refractivity contribution is 0.0998. The number of carbonyl (C=O) groups is 1. The van der Waals surface area contributed by atoms with Crippen molar-refractivity contribution in [1.82, 2.24) is 4.57 Å². The fourth-order valence-corrected chi connectivity index (χ4v) is 3.74. The van der Waals surface area contributed by atoms with Crippen molar-refractivity contribution in [3.05, 3.63) is 63.4 Å². The molecule has 1 heterocycles. The number of benzene rings is 2. The largest absolute Gasteiger partial charge is 0.314 e. The van der Waals surface area contributed by atoms with E-state index >= 15 is 0 Å². The molecular formula is C17H13ClF2N2OS. The Morgan fingerprint density at radius 2 is 2.04 bits per heavy atom. The first-order valence-electron chi connectivity index (χ1n) is 7.33. The van der Waals surface area contributed by atoms with Gasteiger partial charge in [0.2, 0.25) is 0 Å². The second kappa shape index (κ2) is 6.83. The highest BCUT2D eigenvalue weighted by Gasteiger charge is 2.14. The van der Waals surface area contributed by atoms with Crippen LogP contribution < -0.4 is 4.80 Å². The fourth-order valence-electron chi connectivity index (χ4n) is 2.43. The van der Waals surface area contributed by atoms with E-state index in [0.29, 0.717) is 21.1 Å². The van der Waals surface area contributed by atoms with Gasteiger partial charge in [-0.1, -0.05) is 42.0 Å². The molecule has 3 nitrogen and oxygen atoms in total.